The van der Waals surface area contributed by atoms with E-state index in [0.717, 1.165) is 11.1 Å². The molecule has 1 aliphatic rings. The van der Waals surface area contributed by atoms with Gasteiger partial charge in [0.15, 0.2) is 23.0 Å². The number of hydrogen-bond acceptors (Lipinski definition) is 7. The van der Waals surface area contributed by atoms with Crippen LogP contribution in [0.1, 0.15) is 11.1 Å². The molecule has 0 unspecified atom stereocenters. The Labute approximate surface area is 220 Å². The molecule has 3 aromatic carbocycles. The minimum atomic E-state index is -0.700. The monoisotopic (exact) mass is 525 g/mol. The number of ether oxygens (including phenoxy) is 5. The van der Waals surface area contributed by atoms with Crippen molar-refractivity contribution in [3.8, 4) is 23.0 Å². The zero-order valence-corrected chi connectivity index (χ0v) is 21.5. The lowest BCUT2D eigenvalue weighted by atomic mass is 9.85. The third-order valence-electron chi connectivity index (χ3n) is 6.25. The van der Waals surface area contributed by atoms with Crippen LogP contribution >= 0.6 is 11.6 Å². The van der Waals surface area contributed by atoms with Crippen molar-refractivity contribution in [2.75, 3.05) is 33.3 Å². The van der Waals surface area contributed by atoms with Crippen molar-refractivity contribution in [1.82, 2.24) is 0 Å². The van der Waals surface area contributed by atoms with Gasteiger partial charge in [-0.15, -0.1) is 0 Å². The predicted molar refractivity (Wildman–Crippen MR) is 139 cm³/mol. The van der Waals surface area contributed by atoms with E-state index in [2.05, 4.69) is 5.32 Å². The zero-order valence-electron chi connectivity index (χ0n) is 20.8. The number of halogens is 1. The number of para-hydroxylation sites is 1. The van der Waals surface area contributed by atoms with Crippen molar-refractivity contribution in [2.45, 2.75) is 12.8 Å². The maximum atomic E-state index is 12.6. The van der Waals surface area contributed by atoms with E-state index in [9.17, 15) is 9.59 Å². The molecule has 9 heteroatoms. The maximum absolute atomic E-state index is 12.6. The van der Waals surface area contributed by atoms with E-state index in [-0.39, 0.29) is 23.6 Å². The predicted octanol–water partition coefficient (Wildman–Crippen LogP) is 5.55. The Hall–Kier alpha value is -3.91. The molecule has 0 aliphatic carbocycles. The van der Waals surface area contributed by atoms with E-state index in [1.807, 2.05) is 18.2 Å². The fraction of sp³-hybridized carbons (Fsp3) is 0.286. The molecule has 1 heterocycles. The van der Waals surface area contributed by atoms with E-state index in [1.165, 1.54) is 7.11 Å². The first-order valence-corrected chi connectivity index (χ1v) is 12.1. The first-order chi connectivity index (χ1) is 17.9. The largest absolute Gasteiger partial charge is 0.493 e. The third-order valence-corrected chi connectivity index (χ3v) is 6.58. The van der Waals surface area contributed by atoms with Gasteiger partial charge in [0.25, 0.3) is 0 Å². The topological polar surface area (TPSA) is 92.3 Å². The molecule has 0 spiro atoms. The molecule has 1 amide bonds. The maximum Gasteiger partial charge on any atom is 0.417 e. The molecule has 0 aromatic heterocycles. The van der Waals surface area contributed by atoms with E-state index in [0.29, 0.717) is 47.4 Å². The lowest BCUT2D eigenvalue weighted by molar-refractivity contribution is -0.141. The average Bonchev–Trinajstić information content (AvgIpc) is 3.24. The molecule has 0 radical (unpaired) electrons. The van der Waals surface area contributed by atoms with Crippen LogP contribution in [-0.4, -0.2) is 40.0 Å². The number of carbonyl (C=O) groups is 2. The number of benzene rings is 3. The van der Waals surface area contributed by atoms with Crippen molar-refractivity contribution < 1.29 is 33.3 Å². The summed E-state index contributed by atoms with van der Waals surface area (Å²) in [5.41, 5.74) is 2.32. The molecule has 2 atom stereocenters. The van der Waals surface area contributed by atoms with Crippen LogP contribution in [0.2, 0.25) is 5.02 Å². The SMILES string of the molecule is COc1ccc(C[C@H]2COC(=O)[C@@H]2Cc2ccc(OC(=O)Nc3ccccc3Cl)c(OC)c2)cc1OC. The first-order valence-electron chi connectivity index (χ1n) is 11.7. The number of methoxy groups -OCH3 is 3. The highest BCUT2D eigenvalue weighted by Gasteiger charge is 2.37. The van der Waals surface area contributed by atoms with Crippen LogP contribution in [-0.2, 0) is 22.4 Å². The number of cyclic esters (lactones) is 1. The van der Waals surface area contributed by atoms with Gasteiger partial charge in [-0.1, -0.05) is 35.9 Å². The highest BCUT2D eigenvalue weighted by molar-refractivity contribution is 6.33. The number of carbonyl (C=O) groups excluding carboxylic acids is 2. The summed E-state index contributed by atoms with van der Waals surface area (Å²) in [6, 6.07) is 17.8. The molecule has 1 aliphatic heterocycles. The van der Waals surface area contributed by atoms with E-state index in [4.69, 9.17) is 35.3 Å². The first kappa shape index (κ1) is 26.2. The van der Waals surface area contributed by atoms with Gasteiger partial charge in [0.1, 0.15) is 0 Å². The molecular weight excluding hydrogens is 498 g/mol. The number of hydrogen-bond donors (Lipinski definition) is 1. The van der Waals surface area contributed by atoms with Gasteiger partial charge in [0, 0.05) is 5.92 Å². The molecule has 0 bridgehead atoms. The Morgan fingerprint density at radius 3 is 2.19 bits per heavy atom. The second-order valence-electron chi connectivity index (χ2n) is 8.57. The lowest BCUT2D eigenvalue weighted by Crippen LogP contribution is -2.21. The third kappa shape index (κ3) is 6.27. The molecule has 194 valence electrons. The van der Waals surface area contributed by atoms with Gasteiger partial charge < -0.3 is 23.7 Å². The Morgan fingerprint density at radius 2 is 1.51 bits per heavy atom. The lowest BCUT2D eigenvalue weighted by Gasteiger charge is -2.17. The Balaban J connectivity index is 1.45. The Bertz CT molecular complexity index is 1280. The van der Waals surface area contributed by atoms with Crippen LogP contribution in [0.5, 0.6) is 23.0 Å². The van der Waals surface area contributed by atoms with Gasteiger partial charge in [-0.05, 0) is 60.4 Å². The summed E-state index contributed by atoms with van der Waals surface area (Å²) in [5.74, 6) is 1.34. The fourth-order valence-corrected chi connectivity index (χ4v) is 4.52. The number of nitrogens with one attached hydrogen (secondary N) is 1. The molecule has 1 saturated heterocycles. The highest BCUT2D eigenvalue weighted by Crippen LogP contribution is 2.35. The van der Waals surface area contributed by atoms with Crippen molar-refractivity contribution >= 4 is 29.4 Å². The van der Waals surface area contributed by atoms with Gasteiger partial charge in [-0.3, -0.25) is 10.1 Å². The molecule has 0 saturated carbocycles. The molecule has 8 nitrogen and oxygen atoms in total. The smallest absolute Gasteiger partial charge is 0.417 e. The zero-order chi connectivity index (χ0) is 26.4. The number of amides is 1. The molecule has 4 rings (SSSR count). The van der Waals surface area contributed by atoms with Crippen LogP contribution in [0.25, 0.3) is 0 Å². The molecule has 1 fully saturated rings. The van der Waals surface area contributed by atoms with E-state index < -0.39 is 6.09 Å². The van der Waals surface area contributed by atoms with Crippen LogP contribution in [0.4, 0.5) is 10.5 Å². The van der Waals surface area contributed by atoms with Crippen LogP contribution in [0.3, 0.4) is 0 Å². The Morgan fingerprint density at radius 1 is 0.892 bits per heavy atom. The number of anilines is 1. The van der Waals surface area contributed by atoms with Gasteiger partial charge in [-0.2, -0.15) is 0 Å². The summed E-state index contributed by atoms with van der Waals surface area (Å²) in [5, 5.41) is 3.00. The molecular formula is C28H28ClNO7. The summed E-state index contributed by atoms with van der Waals surface area (Å²) < 4.78 is 27.0. The Kier molecular flexibility index (Phi) is 8.40. The van der Waals surface area contributed by atoms with Crippen LogP contribution < -0.4 is 24.3 Å². The molecule has 1 N–H and O–H groups in total. The van der Waals surface area contributed by atoms with E-state index >= 15 is 0 Å². The highest BCUT2D eigenvalue weighted by atomic mass is 35.5. The average molecular weight is 526 g/mol. The number of rotatable bonds is 9. The quantitative estimate of drug-likeness (QED) is 0.366. The van der Waals surface area contributed by atoms with E-state index in [1.54, 1.807) is 56.7 Å². The van der Waals surface area contributed by atoms with Crippen molar-refractivity contribution in [3.63, 3.8) is 0 Å². The van der Waals surface area contributed by atoms with Crippen molar-refractivity contribution in [1.29, 1.82) is 0 Å². The second-order valence-corrected chi connectivity index (χ2v) is 8.98. The second kappa shape index (κ2) is 11.9. The van der Waals surface area contributed by atoms with Gasteiger partial charge in [0.2, 0.25) is 0 Å². The summed E-state index contributed by atoms with van der Waals surface area (Å²) in [6.45, 7) is 0.346. The fourth-order valence-electron chi connectivity index (χ4n) is 4.34. The van der Waals surface area contributed by atoms with Crippen molar-refractivity contribution in [2.24, 2.45) is 11.8 Å². The molecule has 37 heavy (non-hydrogen) atoms. The summed E-state index contributed by atoms with van der Waals surface area (Å²) in [7, 11) is 4.67. The number of esters is 1. The summed E-state index contributed by atoms with van der Waals surface area (Å²) >= 11 is 6.09. The van der Waals surface area contributed by atoms with Gasteiger partial charge >= 0.3 is 12.1 Å². The van der Waals surface area contributed by atoms with Crippen LogP contribution in [0, 0.1) is 11.8 Å². The van der Waals surface area contributed by atoms with Crippen LogP contribution in [0.15, 0.2) is 60.7 Å². The summed E-state index contributed by atoms with van der Waals surface area (Å²) in [6.07, 6.45) is 0.407. The molecule has 3 aromatic rings. The van der Waals surface area contributed by atoms with Gasteiger partial charge in [-0.25, -0.2) is 4.79 Å². The summed E-state index contributed by atoms with van der Waals surface area (Å²) in [4.78, 5) is 25.0. The standard InChI is InChI=1S/C28H28ClNO7/c1-33-23-10-8-17(14-25(23)34-2)12-19-16-36-27(31)20(19)13-18-9-11-24(26(15-18)35-3)37-28(32)30-22-7-5-4-6-21(22)29/h4-11,14-15,19-20H,12-13,16H2,1-3H3,(H,30,32)/t19-,20+/m0/s1. The minimum absolute atomic E-state index is 0.00563. The minimum Gasteiger partial charge on any atom is -0.493 e. The normalized spacial score (nSPS) is 16.6. The van der Waals surface area contributed by atoms with Crippen molar-refractivity contribution in [3.05, 3.63) is 76.8 Å². The van der Waals surface area contributed by atoms with Gasteiger partial charge in [0.05, 0.1) is 44.6 Å².